The first-order valence-electron chi connectivity index (χ1n) is 8.61. The lowest BCUT2D eigenvalue weighted by Gasteiger charge is -2.07. The van der Waals surface area contributed by atoms with E-state index in [1.807, 2.05) is 0 Å². The van der Waals surface area contributed by atoms with Gasteiger partial charge in [0.2, 0.25) is 0 Å². The van der Waals surface area contributed by atoms with E-state index >= 15 is 0 Å². The van der Waals surface area contributed by atoms with Crippen molar-refractivity contribution in [2.75, 3.05) is 0 Å². The standard InChI is InChI=1S/C21H20O4S2/c1-12-18(10-14(26-12)6-8-20(22)23)16-4-3-5-17(16)19-11-15(27-13(19)2)7-9-21(24)25/h6-11H,3-5H2,1-2H3,(H,22,23)(H,24,25)/b8-6+,9-7+. The molecule has 1 aliphatic carbocycles. The fourth-order valence-electron chi connectivity index (χ4n) is 3.42. The second-order valence-corrected chi connectivity index (χ2v) is 8.97. The van der Waals surface area contributed by atoms with Gasteiger partial charge >= 0.3 is 11.9 Å². The van der Waals surface area contributed by atoms with Crippen molar-refractivity contribution in [2.45, 2.75) is 33.1 Å². The number of carbonyl (C=O) groups is 2. The van der Waals surface area contributed by atoms with Crippen LogP contribution in [0.3, 0.4) is 0 Å². The van der Waals surface area contributed by atoms with E-state index in [-0.39, 0.29) is 0 Å². The second-order valence-electron chi connectivity index (χ2n) is 6.39. The Hall–Kier alpha value is -2.44. The van der Waals surface area contributed by atoms with Gasteiger partial charge in [-0.3, -0.25) is 0 Å². The van der Waals surface area contributed by atoms with Crippen LogP contribution < -0.4 is 0 Å². The lowest BCUT2D eigenvalue weighted by Crippen LogP contribution is -1.87. The van der Waals surface area contributed by atoms with Crippen molar-refractivity contribution < 1.29 is 19.8 Å². The number of allylic oxidation sites excluding steroid dienone is 2. The summed E-state index contributed by atoms with van der Waals surface area (Å²) in [5, 5.41) is 17.7. The minimum Gasteiger partial charge on any atom is -0.478 e. The van der Waals surface area contributed by atoms with Crippen LogP contribution >= 0.6 is 22.7 Å². The van der Waals surface area contributed by atoms with E-state index in [1.165, 1.54) is 44.2 Å². The zero-order valence-electron chi connectivity index (χ0n) is 15.1. The molecule has 140 valence electrons. The van der Waals surface area contributed by atoms with E-state index < -0.39 is 11.9 Å². The maximum Gasteiger partial charge on any atom is 0.328 e. The Morgan fingerprint density at radius 3 is 1.63 bits per heavy atom. The van der Waals surface area contributed by atoms with E-state index in [4.69, 9.17) is 10.2 Å². The highest BCUT2D eigenvalue weighted by atomic mass is 32.1. The average Bonchev–Trinajstić information content (AvgIpc) is 3.29. The summed E-state index contributed by atoms with van der Waals surface area (Å²) in [6, 6.07) is 4.15. The van der Waals surface area contributed by atoms with Crippen molar-refractivity contribution in [3.05, 3.63) is 54.9 Å². The molecule has 0 spiro atoms. The topological polar surface area (TPSA) is 74.6 Å². The number of aliphatic carboxylic acids is 2. The molecule has 27 heavy (non-hydrogen) atoms. The van der Waals surface area contributed by atoms with Crippen molar-refractivity contribution in [1.29, 1.82) is 0 Å². The van der Waals surface area contributed by atoms with Gasteiger partial charge in [-0.05, 0) is 79.7 Å². The maximum absolute atomic E-state index is 10.8. The molecule has 0 radical (unpaired) electrons. The van der Waals surface area contributed by atoms with Gasteiger partial charge in [-0.2, -0.15) is 0 Å². The normalized spacial score (nSPS) is 14.7. The predicted octanol–water partition coefficient (Wildman–Crippen LogP) is 5.72. The highest BCUT2D eigenvalue weighted by Gasteiger charge is 2.22. The third-order valence-corrected chi connectivity index (χ3v) is 6.55. The summed E-state index contributed by atoms with van der Waals surface area (Å²) in [5.74, 6) is -1.89. The Morgan fingerprint density at radius 1 is 0.852 bits per heavy atom. The molecule has 2 heterocycles. The molecule has 3 rings (SSSR count). The largest absolute Gasteiger partial charge is 0.478 e. The van der Waals surface area contributed by atoms with Gasteiger partial charge in [-0.15, -0.1) is 22.7 Å². The average molecular weight is 401 g/mol. The molecular formula is C21H20O4S2. The van der Waals surface area contributed by atoms with E-state index in [2.05, 4.69) is 26.0 Å². The minimum absolute atomic E-state index is 0.941. The van der Waals surface area contributed by atoms with Gasteiger partial charge in [-0.25, -0.2) is 9.59 Å². The summed E-state index contributed by atoms with van der Waals surface area (Å²) in [4.78, 5) is 25.8. The van der Waals surface area contributed by atoms with Gasteiger partial charge in [0.1, 0.15) is 0 Å². The molecule has 1 aliphatic rings. The third-order valence-electron chi connectivity index (χ3n) is 4.52. The highest BCUT2D eigenvalue weighted by Crippen LogP contribution is 2.45. The van der Waals surface area contributed by atoms with Gasteiger partial charge in [0.25, 0.3) is 0 Å². The fraction of sp³-hybridized carbons (Fsp3) is 0.238. The zero-order chi connectivity index (χ0) is 19.6. The monoisotopic (exact) mass is 400 g/mol. The minimum atomic E-state index is -0.945. The first-order valence-corrected chi connectivity index (χ1v) is 10.2. The van der Waals surface area contributed by atoms with Crippen LogP contribution in [0.5, 0.6) is 0 Å². The highest BCUT2D eigenvalue weighted by molar-refractivity contribution is 7.13. The molecule has 0 unspecified atom stereocenters. The number of thiophene rings is 2. The van der Waals surface area contributed by atoms with Crippen molar-refractivity contribution >= 4 is 57.9 Å². The van der Waals surface area contributed by atoms with Crippen LogP contribution in [-0.2, 0) is 9.59 Å². The van der Waals surface area contributed by atoms with Crippen LogP contribution in [0.25, 0.3) is 23.3 Å². The summed E-state index contributed by atoms with van der Waals surface area (Å²) in [7, 11) is 0. The first kappa shape index (κ1) is 19.3. The number of hydrogen-bond donors (Lipinski definition) is 2. The summed E-state index contributed by atoms with van der Waals surface area (Å²) >= 11 is 3.21. The van der Waals surface area contributed by atoms with Gasteiger partial charge in [0, 0.05) is 31.7 Å². The first-order chi connectivity index (χ1) is 12.8. The van der Waals surface area contributed by atoms with Crippen molar-refractivity contribution in [3.63, 3.8) is 0 Å². The van der Waals surface area contributed by atoms with Crippen LogP contribution in [0.1, 0.15) is 49.9 Å². The molecule has 2 aromatic heterocycles. The predicted molar refractivity (Wildman–Crippen MR) is 112 cm³/mol. The summed E-state index contributed by atoms with van der Waals surface area (Å²) in [6.45, 7) is 4.14. The number of carboxylic acids is 2. The molecule has 0 fully saturated rings. The van der Waals surface area contributed by atoms with Gasteiger partial charge in [0.15, 0.2) is 0 Å². The van der Waals surface area contributed by atoms with Gasteiger partial charge in [-0.1, -0.05) is 0 Å². The van der Waals surface area contributed by atoms with Crippen LogP contribution in [0, 0.1) is 13.8 Å². The third kappa shape index (κ3) is 4.46. The van der Waals surface area contributed by atoms with Crippen LogP contribution in [0.2, 0.25) is 0 Å². The SMILES string of the molecule is Cc1sc(/C=C/C(=O)O)cc1C1=C(c2cc(/C=C/C(=O)O)sc2C)CCC1. The lowest BCUT2D eigenvalue weighted by molar-refractivity contribution is -0.132. The fourth-order valence-corrected chi connectivity index (χ4v) is 5.34. The quantitative estimate of drug-likeness (QED) is 0.609. The molecule has 0 aliphatic heterocycles. The Morgan fingerprint density at radius 2 is 1.26 bits per heavy atom. The molecular weight excluding hydrogens is 380 g/mol. The molecule has 6 heteroatoms. The Labute approximate surface area is 165 Å². The number of aryl methyl sites for hydroxylation is 2. The number of hydrogen-bond acceptors (Lipinski definition) is 4. The lowest BCUT2D eigenvalue weighted by atomic mass is 9.97. The molecule has 2 aromatic rings. The molecule has 0 bridgehead atoms. The van der Waals surface area contributed by atoms with E-state index in [9.17, 15) is 9.59 Å². The van der Waals surface area contributed by atoms with E-state index in [1.54, 1.807) is 34.8 Å². The molecule has 0 saturated heterocycles. The number of rotatable bonds is 6. The molecule has 0 aromatic carbocycles. The van der Waals surface area contributed by atoms with Crippen LogP contribution in [0.15, 0.2) is 24.3 Å². The maximum atomic E-state index is 10.8. The van der Waals surface area contributed by atoms with Crippen molar-refractivity contribution in [1.82, 2.24) is 0 Å². The zero-order valence-corrected chi connectivity index (χ0v) is 16.7. The number of carboxylic acid groups (broad SMARTS) is 2. The molecule has 2 N–H and O–H groups in total. The van der Waals surface area contributed by atoms with Gasteiger partial charge in [0.05, 0.1) is 0 Å². The Kier molecular flexibility index (Phi) is 5.77. The molecule has 4 nitrogen and oxygen atoms in total. The van der Waals surface area contributed by atoms with Crippen molar-refractivity contribution in [3.8, 4) is 0 Å². The van der Waals surface area contributed by atoms with Crippen LogP contribution in [-0.4, -0.2) is 22.2 Å². The van der Waals surface area contributed by atoms with Crippen LogP contribution in [0.4, 0.5) is 0 Å². The Bertz CT molecular complexity index is 908. The smallest absolute Gasteiger partial charge is 0.328 e. The summed E-state index contributed by atoms with van der Waals surface area (Å²) < 4.78 is 0. The van der Waals surface area contributed by atoms with E-state index in [0.29, 0.717) is 0 Å². The van der Waals surface area contributed by atoms with E-state index in [0.717, 1.165) is 29.0 Å². The molecule has 0 atom stereocenters. The summed E-state index contributed by atoms with van der Waals surface area (Å²) in [6.07, 6.45) is 8.73. The Balaban J connectivity index is 2.00. The molecule has 0 saturated carbocycles. The second kappa shape index (κ2) is 8.06. The van der Waals surface area contributed by atoms with Crippen molar-refractivity contribution in [2.24, 2.45) is 0 Å². The summed E-state index contributed by atoms with van der Waals surface area (Å²) in [5.41, 5.74) is 5.05. The van der Waals surface area contributed by atoms with Gasteiger partial charge < -0.3 is 10.2 Å². The molecule has 0 amide bonds.